The summed E-state index contributed by atoms with van der Waals surface area (Å²) in [4.78, 5) is 11.5. The zero-order valence-corrected chi connectivity index (χ0v) is 11.4. The Morgan fingerprint density at radius 1 is 1.53 bits per heavy atom. The van der Waals surface area contributed by atoms with Gasteiger partial charge in [0.25, 0.3) is 0 Å². The zero-order valence-electron chi connectivity index (χ0n) is 9.82. The summed E-state index contributed by atoms with van der Waals surface area (Å²) in [6.45, 7) is 2.13. The molecule has 1 aliphatic carbocycles. The second-order valence-corrected chi connectivity index (χ2v) is 8.25. The van der Waals surface area contributed by atoms with Gasteiger partial charge >= 0.3 is 5.97 Å². The van der Waals surface area contributed by atoms with Gasteiger partial charge in [-0.05, 0) is 18.8 Å². The number of ether oxygens (including phenoxy) is 1. The average molecular weight is 281 g/mol. The van der Waals surface area contributed by atoms with Crippen molar-refractivity contribution >= 4 is 25.7 Å². The van der Waals surface area contributed by atoms with E-state index in [4.69, 9.17) is 15.4 Å². The molecule has 17 heavy (non-hydrogen) atoms. The van der Waals surface area contributed by atoms with Crippen molar-refractivity contribution in [3.05, 3.63) is 0 Å². The van der Waals surface area contributed by atoms with Gasteiger partial charge in [0.2, 0.25) is 9.05 Å². The van der Waals surface area contributed by atoms with Gasteiger partial charge in [-0.3, -0.25) is 4.79 Å². The van der Waals surface area contributed by atoms with Gasteiger partial charge in [-0.1, -0.05) is 19.8 Å². The maximum atomic E-state index is 11.5. The average Bonchev–Trinajstić information content (AvgIpc) is 2.39. The molecule has 3 atom stereocenters. The summed E-state index contributed by atoms with van der Waals surface area (Å²) in [5.41, 5.74) is -0.295. The second kappa shape index (κ2) is 4.43. The van der Waals surface area contributed by atoms with Crippen molar-refractivity contribution in [2.24, 2.45) is 11.3 Å². The molecule has 98 valence electrons. The number of carbonyl (C=O) groups is 1. The van der Waals surface area contributed by atoms with Gasteiger partial charge < -0.3 is 4.74 Å². The summed E-state index contributed by atoms with van der Waals surface area (Å²) in [5, 5.41) is 0. The highest BCUT2D eigenvalue weighted by molar-refractivity contribution is 8.13. The minimum absolute atomic E-state index is 0.257. The van der Waals surface area contributed by atoms with Crippen LogP contribution in [0.5, 0.6) is 0 Å². The van der Waals surface area contributed by atoms with Gasteiger partial charge in [0.05, 0.1) is 6.42 Å². The number of hydrogen-bond donors (Lipinski definition) is 0. The first-order chi connectivity index (χ1) is 7.81. The van der Waals surface area contributed by atoms with Crippen LogP contribution >= 0.6 is 10.7 Å². The Morgan fingerprint density at radius 2 is 2.24 bits per heavy atom. The molecule has 0 aromatic heterocycles. The van der Waals surface area contributed by atoms with Crippen LogP contribution in [-0.4, -0.2) is 26.2 Å². The van der Waals surface area contributed by atoms with E-state index in [2.05, 4.69) is 6.92 Å². The second-order valence-electron chi connectivity index (χ2n) is 5.42. The van der Waals surface area contributed by atoms with Crippen LogP contribution in [0.2, 0.25) is 0 Å². The molecule has 2 fully saturated rings. The maximum absolute atomic E-state index is 11.5. The molecule has 4 nitrogen and oxygen atoms in total. The van der Waals surface area contributed by atoms with Crippen LogP contribution in [-0.2, 0) is 18.6 Å². The highest BCUT2D eigenvalue weighted by atomic mass is 35.7. The predicted molar refractivity (Wildman–Crippen MR) is 64.2 cm³/mol. The highest BCUT2D eigenvalue weighted by Gasteiger charge is 2.51. The topological polar surface area (TPSA) is 60.4 Å². The standard InChI is InChI=1S/C11H17ClO4S/c1-8-3-2-4-11(5-8)6-10(13)16-9(11)7-17(12,14)15/h8-9H,2-7H2,1H3. The van der Waals surface area contributed by atoms with E-state index in [1.807, 2.05) is 0 Å². The molecule has 2 rings (SSSR count). The quantitative estimate of drug-likeness (QED) is 0.574. The van der Waals surface area contributed by atoms with Crippen LogP contribution in [0.15, 0.2) is 0 Å². The van der Waals surface area contributed by atoms with Gasteiger partial charge in [-0.25, -0.2) is 8.42 Å². The van der Waals surface area contributed by atoms with Crippen LogP contribution in [0.1, 0.15) is 39.0 Å². The Balaban J connectivity index is 2.21. The Labute approximate surface area is 106 Å². The summed E-state index contributed by atoms with van der Waals surface area (Å²) in [7, 11) is 1.65. The predicted octanol–water partition coefficient (Wildman–Crippen LogP) is 2.07. The molecule has 1 aliphatic heterocycles. The van der Waals surface area contributed by atoms with Gasteiger partial charge in [0.15, 0.2) is 0 Å². The maximum Gasteiger partial charge on any atom is 0.306 e. The number of carbonyl (C=O) groups excluding carboxylic acids is 1. The lowest BCUT2D eigenvalue weighted by molar-refractivity contribution is -0.141. The molecular weight excluding hydrogens is 264 g/mol. The van der Waals surface area contributed by atoms with Crippen molar-refractivity contribution in [1.29, 1.82) is 0 Å². The lowest BCUT2D eigenvalue weighted by atomic mass is 9.66. The molecule has 1 saturated heterocycles. The van der Waals surface area contributed by atoms with E-state index >= 15 is 0 Å². The molecule has 1 heterocycles. The van der Waals surface area contributed by atoms with Crippen molar-refractivity contribution in [2.75, 3.05) is 5.75 Å². The van der Waals surface area contributed by atoms with E-state index in [9.17, 15) is 13.2 Å². The third-order valence-corrected chi connectivity index (χ3v) is 5.01. The Hall–Kier alpha value is -0.290. The van der Waals surface area contributed by atoms with Gasteiger partial charge in [0, 0.05) is 16.1 Å². The summed E-state index contributed by atoms with van der Waals surface area (Å²) >= 11 is 0. The van der Waals surface area contributed by atoms with Crippen LogP contribution in [0.25, 0.3) is 0 Å². The van der Waals surface area contributed by atoms with Crippen LogP contribution < -0.4 is 0 Å². The largest absolute Gasteiger partial charge is 0.461 e. The molecule has 2 aliphatic rings. The van der Waals surface area contributed by atoms with Crippen LogP contribution in [0, 0.1) is 11.3 Å². The molecule has 1 saturated carbocycles. The van der Waals surface area contributed by atoms with E-state index in [1.54, 1.807) is 0 Å². The SMILES string of the molecule is CC1CCCC2(CC(=O)OC2CS(=O)(=O)Cl)C1. The fourth-order valence-corrected chi connectivity index (χ4v) is 4.40. The summed E-state index contributed by atoms with van der Waals surface area (Å²) in [5.74, 6) is -0.0317. The summed E-state index contributed by atoms with van der Waals surface area (Å²) < 4.78 is 27.5. The van der Waals surface area contributed by atoms with E-state index in [0.717, 1.165) is 25.7 Å². The van der Waals surface area contributed by atoms with E-state index in [0.29, 0.717) is 12.3 Å². The molecule has 0 bridgehead atoms. The molecule has 1 spiro atoms. The molecule has 0 amide bonds. The Bertz CT molecular complexity index is 419. The van der Waals surface area contributed by atoms with E-state index in [1.165, 1.54) is 0 Å². The first-order valence-electron chi connectivity index (χ1n) is 5.93. The molecule has 6 heteroatoms. The molecule has 0 aromatic rings. The first-order valence-corrected chi connectivity index (χ1v) is 8.40. The van der Waals surface area contributed by atoms with Crippen molar-refractivity contribution < 1.29 is 17.9 Å². The van der Waals surface area contributed by atoms with E-state index < -0.39 is 15.2 Å². The van der Waals surface area contributed by atoms with Gasteiger partial charge in [-0.2, -0.15) is 0 Å². The molecule has 0 radical (unpaired) electrons. The fourth-order valence-electron chi connectivity index (χ4n) is 3.27. The summed E-state index contributed by atoms with van der Waals surface area (Å²) in [6.07, 6.45) is 3.66. The lowest BCUT2D eigenvalue weighted by Crippen LogP contribution is -2.39. The van der Waals surface area contributed by atoms with Crippen LogP contribution in [0.4, 0.5) is 0 Å². The van der Waals surface area contributed by atoms with Crippen molar-refractivity contribution in [1.82, 2.24) is 0 Å². The minimum atomic E-state index is -3.63. The number of hydrogen-bond acceptors (Lipinski definition) is 4. The third kappa shape index (κ3) is 2.94. The summed E-state index contributed by atoms with van der Waals surface area (Å²) in [6, 6.07) is 0. The smallest absolute Gasteiger partial charge is 0.306 e. The van der Waals surface area contributed by atoms with Crippen molar-refractivity contribution in [3.8, 4) is 0 Å². The minimum Gasteiger partial charge on any atom is -0.461 e. The lowest BCUT2D eigenvalue weighted by Gasteiger charge is -2.38. The monoisotopic (exact) mass is 280 g/mol. The van der Waals surface area contributed by atoms with Crippen LogP contribution in [0.3, 0.4) is 0 Å². The number of halogens is 1. The number of cyclic esters (lactones) is 1. The van der Waals surface area contributed by atoms with Gasteiger partial charge in [-0.15, -0.1) is 0 Å². The molecule has 0 N–H and O–H groups in total. The first kappa shape index (κ1) is 13.1. The molecular formula is C11H17ClO4S. The van der Waals surface area contributed by atoms with Crippen molar-refractivity contribution in [3.63, 3.8) is 0 Å². The third-order valence-electron chi connectivity index (χ3n) is 3.93. The highest BCUT2D eigenvalue weighted by Crippen LogP contribution is 2.49. The van der Waals surface area contributed by atoms with E-state index in [-0.39, 0.29) is 17.1 Å². The number of rotatable bonds is 2. The zero-order chi connectivity index (χ0) is 12.7. The number of esters is 1. The Morgan fingerprint density at radius 3 is 2.82 bits per heavy atom. The molecule has 3 unspecified atom stereocenters. The van der Waals surface area contributed by atoms with Crippen molar-refractivity contribution in [2.45, 2.75) is 45.1 Å². The van der Waals surface area contributed by atoms with Gasteiger partial charge in [0.1, 0.15) is 11.9 Å². The Kier molecular flexibility index (Phi) is 3.42. The molecule has 0 aromatic carbocycles. The normalized spacial score (nSPS) is 38.4. The fraction of sp³-hybridized carbons (Fsp3) is 0.909.